The molecule has 0 aromatic rings. The van der Waals surface area contributed by atoms with E-state index in [0.717, 1.165) is 6.42 Å². The van der Waals surface area contributed by atoms with Gasteiger partial charge in [0.05, 0.1) is 11.9 Å². The molecule has 0 spiro atoms. The fourth-order valence-electron chi connectivity index (χ4n) is 1.91. The zero-order chi connectivity index (χ0) is 13.3. The van der Waals surface area contributed by atoms with E-state index >= 15 is 0 Å². The number of sulfonamides is 1. The lowest BCUT2D eigenvalue weighted by molar-refractivity contribution is 0.288. The van der Waals surface area contributed by atoms with Gasteiger partial charge in [-0.1, -0.05) is 32.4 Å². The summed E-state index contributed by atoms with van der Waals surface area (Å²) in [6.45, 7) is 8.58. The van der Waals surface area contributed by atoms with E-state index in [1.54, 1.807) is 6.92 Å². The van der Waals surface area contributed by atoms with Gasteiger partial charge in [-0.2, -0.15) is 4.31 Å². The number of rotatable bonds is 3. The molecule has 0 aliphatic carbocycles. The van der Waals surface area contributed by atoms with E-state index in [4.69, 9.17) is 5.11 Å². The molecule has 1 aliphatic rings. The van der Waals surface area contributed by atoms with Crippen LogP contribution < -0.4 is 0 Å². The molecular formula is C12H23NO3S. The normalized spacial score (nSPS) is 21.1. The highest BCUT2D eigenvalue weighted by Crippen LogP contribution is 2.31. The molecule has 0 aromatic heterocycles. The first-order chi connectivity index (χ1) is 7.69. The third-order valence-electron chi connectivity index (χ3n) is 3.26. The molecule has 1 rings (SSSR count). The third-order valence-corrected chi connectivity index (χ3v) is 5.48. The largest absolute Gasteiger partial charge is 0.395 e. The number of hydrogen-bond donors (Lipinski definition) is 1. The predicted molar refractivity (Wildman–Crippen MR) is 69.2 cm³/mol. The molecule has 100 valence electrons. The van der Waals surface area contributed by atoms with Crippen LogP contribution in [0.4, 0.5) is 0 Å². The Bertz CT molecular complexity index is 392. The Balaban J connectivity index is 2.80. The molecular weight excluding hydrogens is 238 g/mol. The Hall–Kier alpha value is -0.390. The minimum absolute atomic E-state index is 0.110. The molecule has 17 heavy (non-hydrogen) atoms. The van der Waals surface area contributed by atoms with Crippen molar-refractivity contribution >= 4 is 10.0 Å². The number of hydrogen-bond acceptors (Lipinski definition) is 3. The number of aliphatic hydroxyl groups is 1. The highest BCUT2D eigenvalue weighted by atomic mass is 32.2. The van der Waals surface area contributed by atoms with Crippen molar-refractivity contribution in [1.82, 2.24) is 4.31 Å². The Labute approximate surface area is 104 Å². The number of nitrogens with zero attached hydrogens (tertiary/aromatic N) is 1. The van der Waals surface area contributed by atoms with Gasteiger partial charge in [0.15, 0.2) is 0 Å². The molecule has 0 bridgehead atoms. The summed E-state index contributed by atoms with van der Waals surface area (Å²) in [5.41, 5.74) is 1.42. The first-order valence-corrected chi connectivity index (χ1v) is 7.49. The van der Waals surface area contributed by atoms with E-state index in [0.29, 0.717) is 13.1 Å². The van der Waals surface area contributed by atoms with Crippen molar-refractivity contribution in [2.24, 2.45) is 5.41 Å². The van der Waals surface area contributed by atoms with Gasteiger partial charge in [0.25, 0.3) is 0 Å². The lowest BCUT2D eigenvalue weighted by Gasteiger charge is -2.32. The van der Waals surface area contributed by atoms with Gasteiger partial charge >= 0.3 is 0 Å². The van der Waals surface area contributed by atoms with Gasteiger partial charge in [-0.05, 0) is 18.8 Å². The van der Waals surface area contributed by atoms with Gasteiger partial charge in [-0.15, -0.1) is 0 Å². The van der Waals surface area contributed by atoms with E-state index in [-0.39, 0.29) is 12.0 Å². The Morgan fingerprint density at radius 2 is 2.06 bits per heavy atom. The molecule has 0 amide bonds. The van der Waals surface area contributed by atoms with Crippen LogP contribution in [0.2, 0.25) is 0 Å². The van der Waals surface area contributed by atoms with Crippen molar-refractivity contribution in [1.29, 1.82) is 0 Å². The van der Waals surface area contributed by atoms with Gasteiger partial charge in [-0.3, -0.25) is 0 Å². The van der Waals surface area contributed by atoms with Gasteiger partial charge in [0.2, 0.25) is 10.0 Å². The maximum Gasteiger partial charge on any atom is 0.219 e. The fraction of sp³-hybridized carbons (Fsp3) is 0.833. The van der Waals surface area contributed by atoms with Gasteiger partial charge in [0, 0.05) is 13.1 Å². The smallest absolute Gasteiger partial charge is 0.219 e. The summed E-state index contributed by atoms with van der Waals surface area (Å²) in [5, 5.41) is 8.25. The fourth-order valence-corrected chi connectivity index (χ4v) is 3.24. The van der Waals surface area contributed by atoms with E-state index in [2.05, 4.69) is 20.8 Å². The van der Waals surface area contributed by atoms with Crippen molar-refractivity contribution in [3.8, 4) is 0 Å². The number of aliphatic hydroxyl groups excluding tert-OH is 1. The molecule has 0 aromatic carbocycles. The Morgan fingerprint density at radius 3 is 2.41 bits per heavy atom. The summed E-state index contributed by atoms with van der Waals surface area (Å²) in [7, 11) is -3.34. The van der Waals surface area contributed by atoms with Crippen molar-refractivity contribution in [2.75, 3.05) is 19.7 Å². The van der Waals surface area contributed by atoms with Crippen LogP contribution in [-0.4, -0.2) is 42.8 Å². The molecule has 1 unspecified atom stereocenters. The molecule has 0 radical (unpaired) electrons. The molecule has 0 saturated carbocycles. The Morgan fingerprint density at radius 1 is 1.47 bits per heavy atom. The van der Waals surface area contributed by atoms with E-state index in [1.807, 2.05) is 6.08 Å². The molecule has 1 atom stereocenters. The summed E-state index contributed by atoms with van der Waals surface area (Å²) < 4.78 is 25.5. The van der Waals surface area contributed by atoms with Crippen molar-refractivity contribution in [2.45, 2.75) is 39.4 Å². The summed E-state index contributed by atoms with van der Waals surface area (Å²) in [6.07, 6.45) is 2.78. The van der Waals surface area contributed by atoms with Crippen LogP contribution in [0.5, 0.6) is 0 Å². The van der Waals surface area contributed by atoms with Crippen LogP contribution in [0.3, 0.4) is 0 Å². The van der Waals surface area contributed by atoms with Gasteiger partial charge < -0.3 is 5.11 Å². The minimum Gasteiger partial charge on any atom is -0.395 e. The standard InChI is InChI=1S/C12H23NO3S/c1-10(9-14)17(15,16)13-7-5-11(6-8-13)12(2,3)4/h5,10,14H,6-9H2,1-4H3. The van der Waals surface area contributed by atoms with Crippen molar-refractivity contribution in [3.05, 3.63) is 11.6 Å². The van der Waals surface area contributed by atoms with E-state index in [9.17, 15) is 8.42 Å². The van der Waals surface area contributed by atoms with Crippen LogP contribution in [0.15, 0.2) is 11.6 Å². The first kappa shape index (κ1) is 14.7. The van der Waals surface area contributed by atoms with Crippen LogP contribution in [0.25, 0.3) is 0 Å². The van der Waals surface area contributed by atoms with Crippen LogP contribution >= 0.6 is 0 Å². The summed E-state index contributed by atoms with van der Waals surface area (Å²) in [6, 6.07) is 0. The highest BCUT2D eigenvalue weighted by Gasteiger charge is 2.31. The highest BCUT2D eigenvalue weighted by molar-refractivity contribution is 7.89. The SMILES string of the molecule is CC(CO)S(=O)(=O)N1CC=C(C(C)(C)C)CC1. The molecule has 1 N–H and O–H groups in total. The minimum atomic E-state index is -3.34. The summed E-state index contributed by atoms with van der Waals surface area (Å²) in [5.74, 6) is 0. The van der Waals surface area contributed by atoms with Crippen molar-refractivity contribution < 1.29 is 13.5 Å². The maximum atomic E-state index is 12.0. The molecule has 0 saturated heterocycles. The monoisotopic (exact) mass is 261 g/mol. The average Bonchev–Trinajstić information content (AvgIpc) is 2.27. The second-order valence-corrected chi connectivity index (χ2v) is 7.98. The second-order valence-electron chi connectivity index (χ2n) is 5.63. The average molecular weight is 261 g/mol. The maximum absolute atomic E-state index is 12.0. The first-order valence-electron chi connectivity index (χ1n) is 5.99. The topological polar surface area (TPSA) is 57.6 Å². The third kappa shape index (κ3) is 3.30. The van der Waals surface area contributed by atoms with Crippen LogP contribution in [-0.2, 0) is 10.0 Å². The molecule has 4 nitrogen and oxygen atoms in total. The van der Waals surface area contributed by atoms with Crippen LogP contribution in [0.1, 0.15) is 34.1 Å². The molecule has 1 heterocycles. The zero-order valence-electron chi connectivity index (χ0n) is 11.1. The predicted octanol–water partition coefficient (Wildman–Crippen LogP) is 1.38. The van der Waals surface area contributed by atoms with E-state index in [1.165, 1.54) is 9.88 Å². The van der Waals surface area contributed by atoms with E-state index < -0.39 is 15.3 Å². The molecule has 1 aliphatic heterocycles. The lowest BCUT2D eigenvalue weighted by Crippen LogP contribution is -2.42. The van der Waals surface area contributed by atoms with Crippen LogP contribution in [0, 0.1) is 5.41 Å². The quantitative estimate of drug-likeness (QED) is 0.781. The molecule has 5 heteroatoms. The second kappa shape index (κ2) is 5.08. The van der Waals surface area contributed by atoms with Crippen molar-refractivity contribution in [3.63, 3.8) is 0 Å². The Kier molecular flexibility index (Phi) is 4.38. The summed E-state index contributed by atoms with van der Waals surface area (Å²) in [4.78, 5) is 0. The lowest BCUT2D eigenvalue weighted by atomic mass is 9.83. The molecule has 0 fully saturated rings. The van der Waals surface area contributed by atoms with Gasteiger partial charge in [-0.25, -0.2) is 8.42 Å². The summed E-state index contributed by atoms with van der Waals surface area (Å²) >= 11 is 0. The van der Waals surface area contributed by atoms with Gasteiger partial charge in [0.1, 0.15) is 0 Å². The zero-order valence-corrected chi connectivity index (χ0v) is 11.9.